The van der Waals surface area contributed by atoms with Crippen molar-refractivity contribution in [3.63, 3.8) is 0 Å². The third kappa shape index (κ3) is 7.15. The van der Waals surface area contributed by atoms with Crippen LogP contribution in [0.1, 0.15) is 24.0 Å². The molecule has 3 N–H and O–H groups in total. The van der Waals surface area contributed by atoms with Crippen molar-refractivity contribution >= 4 is 59.9 Å². The van der Waals surface area contributed by atoms with Crippen LogP contribution in [-0.2, 0) is 13.0 Å². The van der Waals surface area contributed by atoms with Crippen LogP contribution in [0, 0.1) is 0 Å². The van der Waals surface area contributed by atoms with Gasteiger partial charge in [-0.05, 0) is 54.7 Å². The summed E-state index contributed by atoms with van der Waals surface area (Å²) >= 11 is 12.3. The second-order valence-corrected chi connectivity index (χ2v) is 8.59. The van der Waals surface area contributed by atoms with E-state index in [1.165, 1.54) is 11.1 Å². The van der Waals surface area contributed by atoms with E-state index in [9.17, 15) is 0 Å². The zero-order chi connectivity index (χ0) is 20.9. The Morgan fingerprint density at radius 1 is 1.00 bits per heavy atom. The zero-order valence-corrected chi connectivity index (χ0v) is 20.7. The smallest absolute Gasteiger partial charge is 0.246 e. The van der Waals surface area contributed by atoms with Crippen LogP contribution in [0.15, 0.2) is 48.5 Å². The summed E-state index contributed by atoms with van der Waals surface area (Å²) in [6.07, 6.45) is 3.08. The number of hydrogen-bond donors (Lipinski definition) is 2. The number of benzene rings is 2. The first-order valence-electron chi connectivity index (χ1n) is 10.2. The second-order valence-electron chi connectivity index (χ2n) is 7.72. The predicted molar refractivity (Wildman–Crippen MR) is 138 cm³/mol. The number of aromatic amines is 1. The molecule has 0 aliphatic carbocycles. The molecule has 2 heterocycles. The van der Waals surface area contributed by atoms with Crippen molar-refractivity contribution in [1.82, 2.24) is 20.1 Å². The number of piperidine rings is 1. The molecule has 0 radical (unpaired) electrons. The van der Waals surface area contributed by atoms with Crippen LogP contribution in [-0.4, -0.2) is 45.8 Å². The Hall–Kier alpha value is -1.70. The number of halogens is 4. The molecular weight excluding hydrogens is 490 g/mol. The molecule has 2 aromatic carbocycles. The summed E-state index contributed by atoms with van der Waals surface area (Å²) in [4.78, 5) is 9.03. The normalized spacial score (nSPS) is 14.2. The van der Waals surface area contributed by atoms with Gasteiger partial charge in [-0.1, -0.05) is 47.5 Å². The highest BCUT2D eigenvalue weighted by molar-refractivity contribution is 6.30. The lowest BCUT2D eigenvalue weighted by molar-refractivity contribution is 0.162. The molecule has 1 aliphatic rings. The largest absolute Gasteiger partial charge is 0.368 e. The van der Waals surface area contributed by atoms with Crippen LogP contribution in [0.3, 0.4) is 0 Å². The van der Waals surface area contributed by atoms with E-state index in [-0.39, 0.29) is 24.8 Å². The van der Waals surface area contributed by atoms with Crippen molar-refractivity contribution in [2.45, 2.75) is 31.8 Å². The Morgan fingerprint density at radius 2 is 1.72 bits per heavy atom. The number of nitrogens with one attached hydrogen (secondary N) is 1. The van der Waals surface area contributed by atoms with Gasteiger partial charge in [-0.3, -0.25) is 4.90 Å². The van der Waals surface area contributed by atoms with Crippen molar-refractivity contribution in [3.8, 4) is 0 Å². The van der Waals surface area contributed by atoms with Crippen LogP contribution >= 0.6 is 48.0 Å². The number of anilines is 2. The van der Waals surface area contributed by atoms with E-state index in [4.69, 9.17) is 28.9 Å². The summed E-state index contributed by atoms with van der Waals surface area (Å²) in [6.45, 7) is 3.68. The summed E-state index contributed by atoms with van der Waals surface area (Å²) in [5.41, 5.74) is 8.21. The Kier molecular flexibility index (Phi) is 10.4. The maximum atomic E-state index is 6.23. The number of nitrogen functional groups attached to an aromatic ring is 1. The van der Waals surface area contributed by atoms with E-state index in [2.05, 4.69) is 49.2 Å². The highest BCUT2D eigenvalue weighted by Gasteiger charge is 2.26. The van der Waals surface area contributed by atoms with E-state index >= 15 is 0 Å². The average Bonchev–Trinajstić information content (AvgIpc) is 3.19. The third-order valence-electron chi connectivity index (χ3n) is 5.63. The molecule has 4 rings (SSSR count). The lowest BCUT2D eigenvalue weighted by Gasteiger charge is -2.38. The molecule has 0 amide bonds. The highest BCUT2D eigenvalue weighted by atomic mass is 35.5. The van der Waals surface area contributed by atoms with Crippen LogP contribution in [0.4, 0.5) is 11.9 Å². The van der Waals surface area contributed by atoms with Crippen LogP contribution in [0.25, 0.3) is 0 Å². The minimum atomic E-state index is 0. The second kappa shape index (κ2) is 12.5. The third-order valence-corrected chi connectivity index (χ3v) is 6.12. The topological polar surface area (TPSA) is 74.1 Å². The number of nitrogens with zero attached hydrogens (tertiary/aromatic N) is 4. The number of hydrogen-bond acceptors (Lipinski definition) is 5. The molecule has 1 fully saturated rings. The van der Waals surface area contributed by atoms with E-state index < -0.39 is 0 Å². The van der Waals surface area contributed by atoms with Crippen molar-refractivity contribution < 1.29 is 0 Å². The Morgan fingerprint density at radius 3 is 2.34 bits per heavy atom. The van der Waals surface area contributed by atoms with Gasteiger partial charge in [0.25, 0.3) is 0 Å². The van der Waals surface area contributed by atoms with E-state index in [0.717, 1.165) is 55.5 Å². The first-order chi connectivity index (χ1) is 14.6. The molecule has 32 heavy (non-hydrogen) atoms. The molecule has 174 valence electrons. The first kappa shape index (κ1) is 26.6. The van der Waals surface area contributed by atoms with Crippen molar-refractivity contribution in [2.75, 3.05) is 30.3 Å². The fraction of sp³-hybridized carbons (Fsp3) is 0.364. The molecule has 0 unspecified atom stereocenters. The van der Waals surface area contributed by atoms with Crippen LogP contribution in [0.2, 0.25) is 10.0 Å². The number of rotatable bonds is 7. The summed E-state index contributed by atoms with van der Waals surface area (Å²) in [7, 11) is 0. The van der Waals surface area contributed by atoms with Gasteiger partial charge in [0.1, 0.15) is 0 Å². The molecule has 0 spiro atoms. The predicted octanol–water partition coefficient (Wildman–Crippen LogP) is 5.25. The molecule has 10 heteroatoms. The van der Waals surface area contributed by atoms with E-state index in [1.807, 2.05) is 24.3 Å². The minimum absolute atomic E-state index is 0. The zero-order valence-electron chi connectivity index (χ0n) is 17.6. The average molecular weight is 518 g/mol. The lowest BCUT2D eigenvalue weighted by atomic mass is 10.0. The molecule has 0 saturated carbocycles. The van der Waals surface area contributed by atoms with Gasteiger partial charge < -0.3 is 10.6 Å². The molecule has 0 bridgehead atoms. The van der Waals surface area contributed by atoms with Gasteiger partial charge in [0.15, 0.2) is 0 Å². The molecule has 1 aliphatic heterocycles. The maximum absolute atomic E-state index is 6.23. The monoisotopic (exact) mass is 516 g/mol. The van der Waals surface area contributed by atoms with E-state index in [0.29, 0.717) is 17.9 Å². The lowest BCUT2D eigenvalue weighted by Crippen LogP contribution is -2.45. The fourth-order valence-corrected chi connectivity index (χ4v) is 4.36. The SMILES string of the molecule is Cl.Cl.Nc1nc(N2CCC(N(CCc3ccc(Cl)cc3)Cc3cccc(Cl)c3)CC2)n[nH]1. The van der Waals surface area contributed by atoms with Gasteiger partial charge in [-0.25, -0.2) is 5.10 Å². The Bertz CT molecular complexity index is 957. The van der Waals surface area contributed by atoms with Crippen molar-refractivity contribution in [2.24, 2.45) is 0 Å². The molecule has 1 saturated heterocycles. The van der Waals surface area contributed by atoms with Gasteiger partial charge in [0.2, 0.25) is 11.9 Å². The summed E-state index contributed by atoms with van der Waals surface area (Å²) in [5.74, 6) is 1.05. The van der Waals surface area contributed by atoms with E-state index in [1.54, 1.807) is 0 Å². The number of H-pyrrole nitrogens is 1. The molecule has 3 aromatic rings. The van der Waals surface area contributed by atoms with Crippen LogP contribution in [0.5, 0.6) is 0 Å². The van der Waals surface area contributed by atoms with Gasteiger partial charge in [0, 0.05) is 42.3 Å². The van der Waals surface area contributed by atoms with Crippen molar-refractivity contribution in [3.05, 3.63) is 69.7 Å². The van der Waals surface area contributed by atoms with Crippen molar-refractivity contribution in [1.29, 1.82) is 0 Å². The summed E-state index contributed by atoms with van der Waals surface area (Å²) < 4.78 is 0. The maximum Gasteiger partial charge on any atom is 0.246 e. The minimum Gasteiger partial charge on any atom is -0.368 e. The molecular formula is C22H28Cl4N6. The Balaban J connectivity index is 0.00000181. The standard InChI is InChI=1S/C22H26Cl2N6.2ClH/c23-18-6-4-16(5-7-18)8-11-30(15-17-2-1-3-19(24)14-17)20-9-12-29(13-10-20)22-26-21(25)27-28-22;;/h1-7,14,20H,8-13,15H2,(H3,25,26,27,28);2*1H. The first-order valence-corrected chi connectivity index (χ1v) is 11.0. The number of nitrogens with two attached hydrogens (primary N) is 1. The fourth-order valence-electron chi connectivity index (χ4n) is 4.02. The summed E-state index contributed by atoms with van der Waals surface area (Å²) in [6, 6.07) is 16.8. The molecule has 1 aromatic heterocycles. The molecule has 0 atom stereocenters. The van der Waals surface area contributed by atoms with Gasteiger partial charge in [-0.15, -0.1) is 29.9 Å². The summed E-state index contributed by atoms with van der Waals surface area (Å²) in [5, 5.41) is 8.47. The number of aromatic nitrogens is 3. The van der Waals surface area contributed by atoms with Gasteiger partial charge in [-0.2, -0.15) is 4.98 Å². The molecule has 6 nitrogen and oxygen atoms in total. The van der Waals surface area contributed by atoms with Gasteiger partial charge in [0.05, 0.1) is 0 Å². The Labute approximate surface area is 211 Å². The van der Waals surface area contributed by atoms with Crippen LogP contribution < -0.4 is 10.6 Å². The highest BCUT2D eigenvalue weighted by Crippen LogP contribution is 2.23. The quantitative estimate of drug-likeness (QED) is 0.447. The van der Waals surface area contributed by atoms with Gasteiger partial charge >= 0.3 is 0 Å².